The van der Waals surface area contributed by atoms with Gasteiger partial charge in [-0.2, -0.15) is 0 Å². The lowest BCUT2D eigenvalue weighted by molar-refractivity contribution is -0.140. The average Bonchev–Trinajstić information content (AvgIpc) is 2.92. The monoisotopic (exact) mass is 356 g/mol. The van der Waals surface area contributed by atoms with Gasteiger partial charge in [0.1, 0.15) is 15.8 Å². The third-order valence-corrected chi connectivity index (χ3v) is 6.48. The normalized spacial score (nSPS) is 25.4. The number of hydrogen-bond acceptors (Lipinski definition) is 7. The van der Waals surface area contributed by atoms with Crippen molar-refractivity contribution in [3.05, 3.63) is 20.5 Å². The first-order valence-electron chi connectivity index (χ1n) is 6.58. The first-order chi connectivity index (χ1) is 10.4. The fourth-order valence-corrected chi connectivity index (χ4v) is 5.22. The molecule has 1 fully saturated rings. The number of thiocarbonyl (C=S) groups is 1. The molecule has 3 rings (SSSR count). The van der Waals surface area contributed by atoms with Gasteiger partial charge in [-0.3, -0.25) is 19.3 Å². The Bertz CT molecular complexity index is 683. The van der Waals surface area contributed by atoms with Crippen LogP contribution in [0, 0.1) is 0 Å². The Balaban J connectivity index is 1.93. The smallest absolute Gasteiger partial charge is 0.323 e. The molecule has 6 nitrogen and oxygen atoms in total. The molecule has 2 heterocycles. The molecular formula is C13H12N2O4S3. The summed E-state index contributed by atoms with van der Waals surface area (Å²) in [5.74, 6) is -1.41. The van der Waals surface area contributed by atoms with Gasteiger partial charge in [0.05, 0.1) is 9.93 Å². The molecule has 0 aromatic carbocycles. The van der Waals surface area contributed by atoms with Crippen LogP contribution in [0.3, 0.4) is 0 Å². The fraction of sp³-hybridized carbons (Fsp3) is 0.385. The van der Waals surface area contributed by atoms with Crippen LogP contribution in [0.15, 0.2) is 20.5 Å². The molecule has 22 heavy (non-hydrogen) atoms. The number of thioether (sulfide) groups is 2. The van der Waals surface area contributed by atoms with E-state index in [-0.39, 0.29) is 10.1 Å². The molecule has 0 atom stereocenters. The molecule has 2 aliphatic heterocycles. The van der Waals surface area contributed by atoms with Gasteiger partial charge < -0.3 is 10.0 Å². The number of Topliss-reactive ketones (excluding diaryl/α,β-unsaturated/α-hetero) is 1. The highest BCUT2D eigenvalue weighted by Crippen LogP contribution is 2.49. The van der Waals surface area contributed by atoms with Crippen molar-refractivity contribution in [3.8, 4) is 0 Å². The van der Waals surface area contributed by atoms with Gasteiger partial charge in [0.25, 0.3) is 5.91 Å². The molecule has 9 heteroatoms. The molecule has 0 unspecified atom stereocenters. The quantitative estimate of drug-likeness (QED) is 0.592. The molecule has 0 spiro atoms. The Labute approximate surface area is 140 Å². The van der Waals surface area contributed by atoms with Gasteiger partial charge in [-0.25, -0.2) is 0 Å². The summed E-state index contributed by atoms with van der Waals surface area (Å²) in [6, 6.07) is 0. The van der Waals surface area contributed by atoms with E-state index in [2.05, 4.69) is 0 Å². The molecular weight excluding hydrogens is 344 g/mol. The minimum atomic E-state index is -1.11. The summed E-state index contributed by atoms with van der Waals surface area (Å²) >= 11 is 7.49. The molecule has 1 saturated heterocycles. The zero-order valence-corrected chi connectivity index (χ0v) is 14.1. The SMILES string of the molecule is CN1C2=C(S/C1=C1\SC(=S)N(CC(=O)O)C1=O)C(=O)CCC2. The van der Waals surface area contributed by atoms with Crippen molar-refractivity contribution in [3.63, 3.8) is 0 Å². The number of ketones is 1. The topological polar surface area (TPSA) is 77.9 Å². The van der Waals surface area contributed by atoms with Crippen molar-refractivity contribution in [1.29, 1.82) is 0 Å². The Morgan fingerprint density at radius 3 is 2.64 bits per heavy atom. The number of carboxylic acids is 1. The highest BCUT2D eigenvalue weighted by Gasteiger charge is 2.41. The summed E-state index contributed by atoms with van der Waals surface area (Å²) in [6.07, 6.45) is 2.16. The second-order valence-corrected chi connectivity index (χ2v) is 7.64. The molecule has 0 radical (unpaired) electrons. The molecule has 0 bridgehead atoms. The molecule has 0 saturated carbocycles. The van der Waals surface area contributed by atoms with Crippen LogP contribution in [0.25, 0.3) is 0 Å². The Hall–Kier alpha value is -1.32. The number of carbonyl (C=O) groups excluding carboxylic acids is 2. The van der Waals surface area contributed by atoms with Crippen molar-refractivity contribution < 1.29 is 19.5 Å². The van der Waals surface area contributed by atoms with Crippen LogP contribution >= 0.6 is 35.7 Å². The van der Waals surface area contributed by atoms with E-state index in [1.165, 1.54) is 11.8 Å². The molecule has 0 aromatic heterocycles. The second kappa shape index (κ2) is 5.71. The standard InChI is InChI=1S/C13H12N2O4S3/c1-14-6-3-2-4-7(16)9(6)21-12(14)10-11(19)15(5-8(17)18)13(20)22-10/h2-5H2,1H3,(H,17,18)/b12-10-. The Morgan fingerprint density at radius 2 is 2.00 bits per heavy atom. The van der Waals surface area contributed by atoms with Crippen molar-refractivity contribution in [2.45, 2.75) is 19.3 Å². The number of aliphatic carboxylic acids is 1. The number of rotatable bonds is 2. The zero-order valence-electron chi connectivity index (χ0n) is 11.6. The summed E-state index contributed by atoms with van der Waals surface area (Å²) in [5.41, 5.74) is 0.944. The van der Waals surface area contributed by atoms with Crippen molar-refractivity contribution in [2.24, 2.45) is 0 Å². The van der Waals surface area contributed by atoms with E-state index in [1.54, 1.807) is 0 Å². The summed E-state index contributed by atoms with van der Waals surface area (Å²) in [5, 5.41) is 9.54. The second-order valence-electron chi connectivity index (χ2n) is 5.00. The lowest BCUT2D eigenvalue weighted by atomic mass is 10.0. The summed E-state index contributed by atoms with van der Waals surface area (Å²) in [4.78, 5) is 39.3. The van der Waals surface area contributed by atoms with Crippen LogP contribution in [0.5, 0.6) is 0 Å². The van der Waals surface area contributed by atoms with Crippen molar-refractivity contribution >= 4 is 57.7 Å². The maximum Gasteiger partial charge on any atom is 0.323 e. The van der Waals surface area contributed by atoms with Crippen LogP contribution in [0.1, 0.15) is 19.3 Å². The highest BCUT2D eigenvalue weighted by atomic mass is 32.2. The summed E-state index contributed by atoms with van der Waals surface area (Å²) in [6.45, 7) is -0.443. The number of hydrogen-bond donors (Lipinski definition) is 1. The third kappa shape index (κ3) is 2.46. The molecule has 0 aromatic rings. The number of allylic oxidation sites excluding steroid dienone is 2. The maximum absolute atomic E-state index is 12.4. The van der Waals surface area contributed by atoms with Crippen molar-refractivity contribution in [2.75, 3.05) is 13.6 Å². The van der Waals surface area contributed by atoms with Gasteiger partial charge >= 0.3 is 5.97 Å². The number of amides is 1. The van der Waals surface area contributed by atoms with Crippen LogP contribution in [-0.2, 0) is 14.4 Å². The Morgan fingerprint density at radius 1 is 1.27 bits per heavy atom. The summed E-state index contributed by atoms with van der Waals surface area (Å²) < 4.78 is 0.236. The van der Waals surface area contributed by atoms with Gasteiger partial charge in [-0.05, 0) is 12.8 Å². The van der Waals surface area contributed by atoms with Gasteiger partial charge in [-0.15, -0.1) is 0 Å². The van der Waals surface area contributed by atoms with E-state index in [9.17, 15) is 14.4 Å². The van der Waals surface area contributed by atoms with E-state index in [4.69, 9.17) is 17.3 Å². The van der Waals surface area contributed by atoms with E-state index in [0.717, 1.165) is 35.2 Å². The van der Waals surface area contributed by atoms with Crippen LogP contribution < -0.4 is 0 Å². The molecule has 1 aliphatic carbocycles. The van der Waals surface area contributed by atoms with Gasteiger partial charge in [0, 0.05) is 19.2 Å². The van der Waals surface area contributed by atoms with E-state index >= 15 is 0 Å². The maximum atomic E-state index is 12.4. The van der Waals surface area contributed by atoms with Gasteiger partial charge in [0.2, 0.25) is 0 Å². The van der Waals surface area contributed by atoms with E-state index < -0.39 is 18.4 Å². The summed E-state index contributed by atoms with van der Waals surface area (Å²) in [7, 11) is 1.83. The Kier molecular flexibility index (Phi) is 4.04. The third-order valence-electron chi connectivity index (χ3n) is 3.58. The van der Waals surface area contributed by atoms with E-state index in [0.29, 0.717) is 21.3 Å². The first kappa shape index (κ1) is 15.6. The zero-order chi connectivity index (χ0) is 16.0. The molecule has 3 aliphatic rings. The molecule has 116 valence electrons. The van der Waals surface area contributed by atoms with Gasteiger partial charge in [0.15, 0.2) is 5.78 Å². The van der Waals surface area contributed by atoms with Crippen LogP contribution in [0.2, 0.25) is 0 Å². The predicted molar refractivity (Wildman–Crippen MR) is 87.8 cm³/mol. The molecule has 1 amide bonds. The largest absolute Gasteiger partial charge is 0.480 e. The van der Waals surface area contributed by atoms with Crippen LogP contribution in [0.4, 0.5) is 0 Å². The number of carbonyl (C=O) groups is 3. The predicted octanol–water partition coefficient (Wildman–Crippen LogP) is 1.74. The van der Waals surface area contributed by atoms with Crippen molar-refractivity contribution in [1.82, 2.24) is 9.80 Å². The van der Waals surface area contributed by atoms with Gasteiger partial charge in [-0.1, -0.05) is 35.7 Å². The minimum absolute atomic E-state index is 0.106. The first-order valence-corrected chi connectivity index (χ1v) is 8.62. The fourth-order valence-electron chi connectivity index (χ4n) is 2.52. The minimum Gasteiger partial charge on any atom is -0.480 e. The lowest BCUT2D eigenvalue weighted by Gasteiger charge is -2.20. The number of carboxylic acid groups (broad SMARTS) is 1. The lowest BCUT2D eigenvalue weighted by Crippen LogP contribution is -2.33. The van der Waals surface area contributed by atoms with Crippen LogP contribution in [-0.4, -0.2) is 50.5 Å². The molecule has 1 N–H and O–H groups in total. The number of nitrogens with zero attached hydrogens (tertiary/aromatic N) is 2. The average molecular weight is 356 g/mol. The highest BCUT2D eigenvalue weighted by molar-refractivity contribution is 8.27. The van der Waals surface area contributed by atoms with E-state index in [1.807, 2.05) is 11.9 Å².